The van der Waals surface area contributed by atoms with Crippen LogP contribution in [0.4, 0.5) is 0 Å². The van der Waals surface area contributed by atoms with E-state index in [-0.39, 0.29) is 11.9 Å². The third kappa shape index (κ3) is 4.56. The lowest BCUT2D eigenvalue weighted by atomic mass is 10.2. The molecule has 116 valence electrons. The number of nitrogens with one attached hydrogen (secondary N) is 1. The van der Waals surface area contributed by atoms with E-state index in [1.54, 1.807) is 14.0 Å². The van der Waals surface area contributed by atoms with Crippen LogP contribution in [0.3, 0.4) is 0 Å². The smallest absolute Gasteiger partial charge is 0.235 e. The molecule has 0 aromatic heterocycles. The predicted octanol–water partition coefficient (Wildman–Crippen LogP) is 2.39. The van der Waals surface area contributed by atoms with Crippen LogP contribution in [0.15, 0.2) is 24.3 Å². The van der Waals surface area contributed by atoms with E-state index in [4.69, 9.17) is 4.74 Å². The van der Waals surface area contributed by atoms with Gasteiger partial charge in [0, 0.05) is 22.6 Å². The molecule has 1 aromatic carbocycles. The van der Waals surface area contributed by atoms with Gasteiger partial charge in [0.15, 0.2) is 0 Å². The fraction of sp³-hybridized carbons (Fsp3) is 0.562. The summed E-state index contributed by atoms with van der Waals surface area (Å²) in [7, 11) is 0.381. The van der Waals surface area contributed by atoms with Crippen LogP contribution >= 0.6 is 0 Å². The van der Waals surface area contributed by atoms with Crippen molar-refractivity contribution in [1.82, 2.24) is 5.32 Å². The second-order valence-electron chi connectivity index (χ2n) is 5.51. The number of carbonyl (C=O) groups excluding carboxylic acids is 1. The van der Waals surface area contributed by atoms with Crippen molar-refractivity contribution in [2.24, 2.45) is 0 Å². The Morgan fingerprint density at radius 1 is 1.43 bits per heavy atom. The highest BCUT2D eigenvalue weighted by molar-refractivity contribution is 7.85. The minimum absolute atomic E-state index is 0.0943. The molecule has 1 aliphatic rings. The van der Waals surface area contributed by atoms with Gasteiger partial charge in [-0.1, -0.05) is 25.0 Å². The van der Waals surface area contributed by atoms with Gasteiger partial charge in [-0.3, -0.25) is 9.00 Å². The van der Waals surface area contributed by atoms with E-state index in [0.717, 1.165) is 24.2 Å². The van der Waals surface area contributed by atoms with Crippen LogP contribution in [-0.4, -0.2) is 28.5 Å². The molecule has 0 heterocycles. The van der Waals surface area contributed by atoms with Crippen molar-refractivity contribution in [3.63, 3.8) is 0 Å². The van der Waals surface area contributed by atoms with Crippen molar-refractivity contribution >= 4 is 16.7 Å². The van der Waals surface area contributed by atoms with E-state index in [1.165, 1.54) is 12.8 Å². The second-order valence-corrected chi connectivity index (χ2v) is 7.27. The summed E-state index contributed by atoms with van der Waals surface area (Å²) >= 11 is 0. The molecule has 0 saturated heterocycles. The van der Waals surface area contributed by atoms with E-state index in [2.05, 4.69) is 5.32 Å². The van der Waals surface area contributed by atoms with Crippen LogP contribution in [0, 0.1) is 0 Å². The molecule has 0 bridgehead atoms. The Morgan fingerprint density at radius 3 is 2.81 bits per heavy atom. The van der Waals surface area contributed by atoms with Gasteiger partial charge in [0.05, 0.1) is 7.11 Å². The van der Waals surface area contributed by atoms with E-state index >= 15 is 0 Å². The molecule has 1 saturated carbocycles. The van der Waals surface area contributed by atoms with Crippen molar-refractivity contribution in [2.45, 2.75) is 49.7 Å². The minimum Gasteiger partial charge on any atom is -0.497 e. The summed E-state index contributed by atoms with van der Waals surface area (Å²) in [6.45, 7) is 1.74. The number of amides is 1. The summed E-state index contributed by atoms with van der Waals surface area (Å²) in [5, 5.41) is 2.52. The molecule has 0 unspecified atom stereocenters. The standard InChI is InChI=1S/C16H23NO3S/c1-12(16(18)17-14-7-3-4-8-14)21(19)11-13-6-5-9-15(10-13)20-2/h5-6,9-10,12,14H,3-4,7-8,11H2,1-2H3,(H,17,18)/t12-,21+/m1/s1. The fourth-order valence-corrected chi connectivity index (χ4v) is 3.62. The van der Waals surface area contributed by atoms with Crippen LogP contribution in [-0.2, 0) is 21.3 Å². The molecule has 0 aliphatic heterocycles. The SMILES string of the molecule is COc1cccc(C[S@](=O)[C@H](C)C(=O)NC2CCCC2)c1. The molecule has 0 spiro atoms. The average Bonchev–Trinajstić information content (AvgIpc) is 2.99. The van der Waals surface area contributed by atoms with Gasteiger partial charge < -0.3 is 10.1 Å². The molecular formula is C16H23NO3S. The van der Waals surface area contributed by atoms with Crippen LogP contribution in [0.2, 0.25) is 0 Å². The number of benzene rings is 1. The summed E-state index contributed by atoms with van der Waals surface area (Å²) in [6, 6.07) is 7.76. The zero-order chi connectivity index (χ0) is 15.2. The van der Waals surface area contributed by atoms with Crippen LogP contribution < -0.4 is 10.1 Å². The fourth-order valence-electron chi connectivity index (χ4n) is 2.56. The zero-order valence-electron chi connectivity index (χ0n) is 12.6. The van der Waals surface area contributed by atoms with Crippen molar-refractivity contribution in [1.29, 1.82) is 0 Å². The minimum atomic E-state index is -1.22. The molecule has 21 heavy (non-hydrogen) atoms. The number of methoxy groups -OCH3 is 1. The first-order chi connectivity index (χ1) is 10.1. The Morgan fingerprint density at radius 2 is 2.14 bits per heavy atom. The summed E-state index contributed by atoms with van der Waals surface area (Å²) in [5.74, 6) is 1.02. The lowest BCUT2D eigenvalue weighted by molar-refractivity contribution is -0.121. The van der Waals surface area contributed by atoms with Gasteiger partial charge in [-0.05, 0) is 37.5 Å². The van der Waals surface area contributed by atoms with Gasteiger partial charge in [-0.2, -0.15) is 0 Å². The lowest BCUT2D eigenvalue weighted by Crippen LogP contribution is -2.40. The predicted molar refractivity (Wildman–Crippen MR) is 84.7 cm³/mol. The average molecular weight is 309 g/mol. The quantitative estimate of drug-likeness (QED) is 0.878. The summed E-state index contributed by atoms with van der Waals surface area (Å²) in [6.07, 6.45) is 4.43. The highest BCUT2D eigenvalue weighted by atomic mass is 32.2. The second kappa shape index (κ2) is 7.59. The van der Waals surface area contributed by atoms with Crippen LogP contribution in [0.5, 0.6) is 5.75 Å². The molecule has 1 N–H and O–H groups in total. The number of hydrogen-bond acceptors (Lipinski definition) is 3. The highest BCUT2D eigenvalue weighted by Gasteiger charge is 2.24. The van der Waals surface area contributed by atoms with Gasteiger partial charge >= 0.3 is 0 Å². The first-order valence-corrected chi connectivity index (χ1v) is 8.79. The van der Waals surface area contributed by atoms with Gasteiger partial charge in [-0.25, -0.2) is 0 Å². The molecule has 5 heteroatoms. The molecule has 2 atom stereocenters. The van der Waals surface area contributed by atoms with Gasteiger partial charge in [-0.15, -0.1) is 0 Å². The largest absolute Gasteiger partial charge is 0.497 e. The maximum absolute atomic E-state index is 12.3. The van der Waals surface area contributed by atoms with Gasteiger partial charge in [0.1, 0.15) is 11.0 Å². The highest BCUT2D eigenvalue weighted by Crippen LogP contribution is 2.19. The molecule has 2 rings (SSSR count). The Bertz CT molecular complexity index is 512. The molecule has 1 aliphatic carbocycles. The van der Waals surface area contributed by atoms with Crippen molar-refractivity contribution in [3.8, 4) is 5.75 Å². The molecular weight excluding hydrogens is 286 g/mol. The van der Waals surface area contributed by atoms with Gasteiger partial charge in [0.2, 0.25) is 5.91 Å². The Kier molecular flexibility index (Phi) is 5.79. The first kappa shape index (κ1) is 16.0. The van der Waals surface area contributed by atoms with Crippen molar-refractivity contribution in [3.05, 3.63) is 29.8 Å². The van der Waals surface area contributed by atoms with Crippen LogP contribution in [0.25, 0.3) is 0 Å². The Balaban J connectivity index is 1.90. The van der Waals surface area contributed by atoms with Crippen LogP contribution in [0.1, 0.15) is 38.2 Å². The molecule has 4 nitrogen and oxygen atoms in total. The maximum atomic E-state index is 12.3. The topological polar surface area (TPSA) is 55.4 Å². The van der Waals surface area contributed by atoms with Gasteiger partial charge in [0.25, 0.3) is 0 Å². The van der Waals surface area contributed by atoms with E-state index in [0.29, 0.717) is 5.75 Å². The molecule has 0 radical (unpaired) electrons. The summed E-state index contributed by atoms with van der Waals surface area (Å²) < 4.78 is 17.5. The molecule has 1 fully saturated rings. The molecule has 1 aromatic rings. The normalized spacial score (nSPS) is 18.2. The summed E-state index contributed by atoms with van der Waals surface area (Å²) in [5.41, 5.74) is 0.924. The number of rotatable bonds is 6. The zero-order valence-corrected chi connectivity index (χ0v) is 13.4. The van der Waals surface area contributed by atoms with E-state index in [9.17, 15) is 9.00 Å². The number of hydrogen-bond donors (Lipinski definition) is 1. The first-order valence-electron chi connectivity index (χ1n) is 7.40. The Labute approximate surface area is 128 Å². The third-order valence-corrected chi connectivity index (χ3v) is 5.53. The molecule has 1 amide bonds. The number of carbonyl (C=O) groups is 1. The monoisotopic (exact) mass is 309 g/mol. The maximum Gasteiger partial charge on any atom is 0.235 e. The van der Waals surface area contributed by atoms with Crippen molar-refractivity contribution < 1.29 is 13.7 Å². The van der Waals surface area contributed by atoms with E-state index in [1.807, 2.05) is 24.3 Å². The van der Waals surface area contributed by atoms with Crippen molar-refractivity contribution in [2.75, 3.05) is 7.11 Å². The summed E-state index contributed by atoms with van der Waals surface area (Å²) in [4.78, 5) is 12.1. The Hall–Kier alpha value is -1.36. The third-order valence-electron chi connectivity index (χ3n) is 3.91. The lowest BCUT2D eigenvalue weighted by Gasteiger charge is -2.16. The van der Waals surface area contributed by atoms with E-state index < -0.39 is 16.0 Å². The number of ether oxygens (including phenoxy) is 1.